The Labute approximate surface area is 224 Å². The zero-order chi connectivity index (χ0) is 27.1. The van der Waals surface area contributed by atoms with E-state index in [2.05, 4.69) is 20.8 Å². The Bertz CT molecular complexity index is 1500. The van der Waals surface area contributed by atoms with E-state index >= 15 is 0 Å². The Hall–Kier alpha value is -3.39. The summed E-state index contributed by atoms with van der Waals surface area (Å²) in [6.07, 6.45) is 2.59. The number of nitrogens with zero attached hydrogens (tertiary/aromatic N) is 2. The molecule has 0 bridgehead atoms. The largest absolute Gasteiger partial charge is 0.483 e. The van der Waals surface area contributed by atoms with Gasteiger partial charge in [0.2, 0.25) is 15.7 Å². The molecule has 1 amide bonds. The highest BCUT2D eigenvalue weighted by atomic mass is 32.2. The number of benzene rings is 2. The fourth-order valence-corrected chi connectivity index (χ4v) is 6.85. The molecule has 1 saturated heterocycles. The molecular formula is C30H34N2O5S. The van der Waals surface area contributed by atoms with Crippen molar-refractivity contribution in [3.8, 4) is 5.75 Å². The topological polar surface area (TPSA) is 85.7 Å². The summed E-state index contributed by atoms with van der Waals surface area (Å²) in [5.74, 6) is -0.189. The molecule has 0 radical (unpaired) electrons. The van der Waals surface area contributed by atoms with Crippen LogP contribution in [-0.4, -0.2) is 36.9 Å². The van der Waals surface area contributed by atoms with E-state index in [1.54, 1.807) is 23.1 Å². The molecule has 0 unspecified atom stereocenters. The molecule has 1 atom stereocenters. The van der Waals surface area contributed by atoms with Crippen LogP contribution < -0.4 is 10.3 Å². The Morgan fingerprint density at radius 3 is 2.29 bits per heavy atom. The first-order valence-corrected chi connectivity index (χ1v) is 14.7. The van der Waals surface area contributed by atoms with Crippen molar-refractivity contribution in [2.24, 2.45) is 0 Å². The van der Waals surface area contributed by atoms with Gasteiger partial charge in [0.15, 0.2) is 5.75 Å². The summed E-state index contributed by atoms with van der Waals surface area (Å²) in [6, 6.07) is 16.8. The van der Waals surface area contributed by atoms with Gasteiger partial charge >= 0.3 is 0 Å². The number of aromatic nitrogens is 1. The molecule has 2 aliphatic heterocycles. The van der Waals surface area contributed by atoms with E-state index in [1.165, 1.54) is 28.3 Å². The van der Waals surface area contributed by atoms with Crippen molar-refractivity contribution < 1.29 is 17.9 Å². The maximum atomic E-state index is 13.7. The highest BCUT2D eigenvalue weighted by Crippen LogP contribution is 2.35. The quantitative estimate of drug-likeness (QED) is 0.459. The van der Waals surface area contributed by atoms with Crippen LogP contribution in [0, 0.1) is 0 Å². The number of carbonyl (C=O) groups excluding carboxylic acids is 1. The Morgan fingerprint density at radius 2 is 1.66 bits per heavy atom. The second-order valence-electron chi connectivity index (χ2n) is 11.1. The van der Waals surface area contributed by atoms with E-state index in [4.69, 9.17) is 4.74 Å². The average molecular weight is 535 g/mol. The number of sulfone groups is 1. The summed E-state index contributed by atoms with van der Waals surface area (Å²) < 4.78 is 34.8. The van der Waals surface area contributed by atoms with Gasteiger partial charge in [0.25, 0.3) is 5.56 Å². The SMILES string of the molecule is CC(C)(C)c1ccc(COc2cc(S(=O)(=O)c3ccccc3)c3n(c2=O)[C@H](C(=O)N2CCCC2)CC3)cc1. The van der Waals surface area contributed by atoms with Crippen molar-refractivity contribution in [2.45, 2.75) is 74.3 Å². The number of amides is 1. The molecule has 0 saturated carbocycles. The number of carbonyl (C=O) groups is 1. The van der Waals surface area contributed by atoms with Crippen molar-refractivity contribution in [3.63, 3.8) is 0 Å². The number of rotatable bonds is 6. The van der Waals surface area contributed by atoms with Gasteiger partial charge in [-0.3, -0.25) is 14.2 Å². The molecule has 1 aromatic heterocycles. The lowest BCUT2D eigenvalue weighted by atomic mass is 9.87. The third kappa shape index (κ3) is 4.89. The van der Waals surface area contributed by atoms with Crippen LogP contribution in [0.2, 0.25) is 0 Å². The molecule has 5 rings (SSSR count). The van der Waals surface area contributed by atoms with E-state index in [9.17, 15) is 18.0 Å². The lowest BCUT2D eigenvalue weighted by Gasteiger charge is -2.23. The van der Waals surface area contributed by atoms with Gasteiger partial charge in [0, 0.05) is 24.8 Å². The van der Waals surface area contributed by atoms with Crippen molar-refractivity contribution >= 4 is 15.7 Å². The van der Waals surface area contributed by atoms with E-state index in [0.29, 0.717) is 31.6 Å². The Kier molecular flexibility index (Phi) is 6.94. The molecule has 1 fully saturated rings. The van der Waals surface area contributed by atoms with Gasteiger partial charge in [-0.15, -0.1) is 0 Å². The standard InChI is InChI=1S/C30H34N2O5S/c1-30(2,3)22-13-11-21(12-14-22)20-37-26-19-27(38(35,36)23-9-5-4-6-10-23)24-15-16-25(32(24)29(26)34)28(33)31-17-7-8-18-31/h4-6,9-14,19,25H,7-8,15-18,20H2,1-3H3/t25-/m0/s1. The lowest BCUT2D eigenvalue weighted by Crippen LogP contribution is -2.38. The normalized spacial score (nSPS) is 17.4. The molecule has 2 aromatic carbocycles. The second-order valence-corrected chi connectivity index (χ2v) is 13.1. The maximum Gasteiger partial charge on any atom is 0.293 e. The molecule has 7 nitrogen and oxygen atoms in total. The van der Waals surface area contributed by atoms with E-state index in [0.717, 1.165) is 18.4 Å². The number of fused-ring (bicyclic) bond motifs is 1. The number of hydrogen-bond donors (Lipinski definition) is 0. The van der Waals surface area contributed by atoms with Crippen molar-refractivity contribution in [1.82, 2.24) is 9.47 Å². The number of pyridine rings is 1. The molecular weight excluding hydrogens is 500 g/mol. The first kappa shape index (κ1) is 26.2. The van der Waals surface area contributed by atoms with Gasteiger partial charge in [-0.1, -0.05) is 63.2 Å². The van der Waals surface area contributed by atoms with Crippen molar-refractivity contribution in [1.29, 1.82) is 0 Å². The summed E-state index contributed by atoms with van der Waals surface area (Å²) in [4.78, 5) is 29.0. The van der Waals surface area contributed by atoms with Crippen LogP contribution in [0.3, 0.4) is 0 Å². The predicted octanol–water partition coefficient (Wildman–Crippen LogP) is 4.67. The van der Waals surface area contributed by atoms with Crippen LogP contribution in [0.25, 0.3) is 0 Å². The monoisotopic (exact) mass is 534 g/mol. The molecule has 8 heteroatoms. The van der Waals surface area contributed by atoms with Gasteiger partial charge in [0.1, 0.15) is 12.6 Å². The Morgan fingerprint density at radius 1 is 1.00 bits per heavy atom. The fraction of sp³-hybridized carbons (Fsp3) is 0.400. The minimum atomic E-state index is -3.94. The molecule has 2 aliphatic rings. The minimum absolute atomic E-state index is 0.00971. The van der Waals surface area contributed by atoms with Crippen molar-refractivity contribution in [2.75, 3.05) is 13.1 Å². The molecule has 38 heavy (non-hydrogen) atoms. The van der Waals surface area contributed by atoms with Gasteiger partial charge in [-0.05, 0) is 54.4 Å². The zero-order valence-corrected chi connectivity index (χ0v) is 23.0. The molecule has 3 heterocycles. The maximum absolute atomic E-state index is 13.7. The summed E-state index contributed by atoms with van der Waals surface area (Å²) in [5, 5.41) is 0. The molecule has 0 N–H and O–H groups in total. The second kappa shape index (κ2) is 10.1. The zero-order valence-electron chi connectivity index (χ0n) is 22.1. The van der Waals surface area contributed by atoms with Crippen molar-refractivity contribution in [3.05, 3.63) is 87.8 Å². The van der Waals surface area contributed by atoms with Gasteiger partial charge in [-0.25, -0.2) is 8.42 Å². The summed E-state index contributed by atoms with van der Waals surface area (Å²) in [6.45, 7) is 7.84. The summed E-state index contributed by atoms with van der Waals surface area (Å²) >= 11 is 0. The molecule has 0 aliphatic carbocycles. The van der Waals surface area contributed by atoms with Gasteiger partial charge in [0.05, 0.1) is 9.79 Å². The summed E-state index contributed by atoms with van der Waals surface area (Å²) in [7, 11) is -3.94. The Balaban J connectivity index is 1.55. The highest BCUT2D eigenvalue weighted by Gasteiger charge is 2.38. The van der Waals surface area contributed by atoms with E-state index in [1.807, 2.05) is 24.3 Å². The first-order chi connectivity index (χ1) is 18.1. The van der Waals surface area contributed by atoms with E-state index in [-0.39, 0.29) is 33.5 Å². The van der Waals surface area contributed by atoms with Crippen LogP contribution in [0.15, 0.2) is 75.2 Å². The molecule has 200 valence electrons. The average Bonchev–Trinajstić information content (AvgIpc) is 3.59. The predicted molar refractivity (Wildman–Crippen MR) is 145 cm³/mol. The summed E-state index contributed by atoms with van der Waals surface area (Å²) in [5.41, 5.74) is 1.96. The minimum Gasteiger partial charge on any atom is -0.483 e. The van der Waals surface area contributed by atoms with Crippen LogP contribution in [-0.2, 0) is 33.1 Å². The highest BCUT2D eigenvalue weighted by molar-refractivity contribution is 7.91. The van der Waals surface area contributed by atoms with Crippen LogP contribution in [0.1, 0.15) is 62.9 Å². The number of ether oxygens (including phenoxy) is 1. The molecule has 0 spiro atoms. The third-order valence-corrected chi connectivity index (χ3v) is 9.32. The number of likely N-dealkylation sites (tertiary alicyclic amines) is 1. The van der Waals surface area contributed by atoms with Gasteiger partial charge in [-0.2, -0.15) is 0 Å². The fourth-order valence-electron chi connectivity index (χ4n) is 5.31. The van der Waals surface area contributed by atoms with E-state index < -0.39 is 21.4 Å². The van der Waals surface area contributed by atoms with Gasteiger partial charge < -0.3 is 9.64 Å². The first-order valence-electron chi connectivity index (χ1n) is 13.2. The molecule has 3 aromatic rings. The van der Waals surface area contributed by atoms with Crippen LogP contribution in [0.4, 0.5) is 0 Å². The third-order valence-electron chi connectivity index (χ3n) is 7.49. The number of hydrogen-bond acceptors (Lipinski definition) is 5. The lowest BCUT2D eigenvalue weighted by molar-refractivity contribution is -0.133. The van der Waals surface area contributed by atoms with Crippen LogP contribution >= 0.6 is 0 Å². The van der Waals surface area contributed by atoms with Crippen LogP contribution in [0.5, 0.6) is 5.75 Å². The smallest absolute Gasteiger partial charge is 0.293 e.